The van der Waals surface area contributed by atoms with Gasteiger partial charge in [-0.2, -0.15) is 0 Å². The Morgan fingerprint density at radius 2 is 1.90 bits per heavy atom. The average Bonchev–Trinajstić information content (AvgIpc) is 2.66. The number of aliphatic carboxylic acids is 1. The van der Waals surface area contributed by atoms with Crippen LogP contribution in [0.15, 0.2) is 48.0 Å². The van der Waals surface area contributed by atoms with Gasteiger partial charge in [0.1, 0.15) is 18.2 Å². The van der Waals surface area contributed by atoms with Crippen molar-refractivity contribution in [1.82, 2.24) is 0 Å². The first-order chi connectivity index (χ1) is 13.7. The third-order valence-electron chi connectivity index (χ3n) is 5.17. The predicted molar refractivity (Wildman–Crippen MR) is 105 cm³/mol. The summed E-state index contributed by atoms with van der Waals surface area (Å²) in [5, 5.41) is 8.81. The van der Waals surface area contributed by atoms with E-state index in [0.29, 0.717) is 17.7 Å². The molecule has 2 aromatic rings. The van der Waals surface area contributed by atoms with Crippen molar-refractivity contribution >= 4 is 11.5 Å². The largest absolute Gasteiger partial charge is 0.489 e. The van der Waals surface area contributed by atoms with Crippen LogP contribution in [0, 0.1) is 12.7 Å². The summed E-state index contributed by atoms with van der Waals surface area (Å²) in [6, 6.07) is 11.2. The van der Waals surface area contributed by atoms with Crippen LogP contribution in [0.1, 0.15) is 42.4 Å². The summed E-state index contributed by atoms with van der Waals surface area (Å²) >= 11 is 0. The second-order valence-corrected chi connectivity index (χ2v) is 7.39. The molecule has 0 aromatic heterocycles. The molecular formula is C23H23F3O3. The van der Waals surface area contributed by atoms with Crippen molar-refractivity contribution < 1.29 is 27.8 Å². The molecule has 0 radical (unpaired) electrons. The monoisotopic (exact) mass is 404 g/mol. The number of benzene rings is 2. The van der Waals surface area contributed by atoms with Crippen molar-refractivity contribution in [3.63, 3.8) is 0 Å². The Balaban J connectivity index is 1.77. The molecule has 0 saturated heterocycles. The number of halogens is 3. The number of hydrogen-bond acceptors (Lipinski definition) is 2. The minimum absolute atomic E-state index is 0.0240. The molecule has 0 amide bonds. The fraction of sp³-hybridized carbons (Fsp3) is 0.348. The lowest BCUT2D eigenvalue weighted by Crippen LogP contribution is -2.24. The molecule has 6 heteroatoms. The molecular weight excluding hydrogens is 381 g/mol. The molecule has 0 aliphatic heterocycles. The third-order valence-corrected chi connectivity index (χ3v) is 5.17. The maximum absolute atomic E-state index is 14.0. The van der Waals surface area contributed by atoms with E-state index >= 15 is 0 Å². The summed E-state index contributed by atoms with van der Waals surface area (Å²) in [7, 11) is 0. The minimum atomic E-state index is -2.78. The lowest BCUT2D eigenvalue weighted by Gasteiger charge is -2.27. The van der Waals surface area contributed by atoms with Crippen LogP contribution in [0.3, 0.4) is 0 Å². The zero-order valence-electron chi connectivity index (χ0n) is 16.2. The van der Waals surface area contributed by atoms with Gasteiger partial charge in [0.25, 0.3) is 5.92 Å². The van der Waals surface area contributed by atoms with Gasteiger partial charge in [-0.25, -0.2) is 13.2 Å². The van der Waals surface area contributed by atoms with Crippen molar-refractivity contribution in [3.8, 4) is 5.75 Å². The SMILES string of the molecule is Cc1cc(OCC2=C(c3ccc(F)cc3)CCC(F)(F)C2)ccc1CCC(=O)O. The van der Waals surface area contributed by atoms with E-state index in [1.54, 1.807) is 30.3 Å². The van der Waals surface area contributed by atoms with Gasteiger partial charge in [0.05, 0.1) is 0 Å². The number of carbonyl (C=O) groups is 1. The molecule has 0 spiro atoms. The molecule has 0 heterocycles. The van der Waals surface area contributed by atoms with E-state index in [1.165, 1.54) is 12.1 Å². The number of alkyl halides is 2. The smallest absolute Gasteiger partial charge is 0.303 e. The molecule has 0 unspecified atom stereocenters. The van der Waals surface area contributed by atoms with Crippen LogP contribution in [0.2, 0.25) is 0 Å². The Kier molecular flexibility index (Phi) is 6.30. The Morgan fingerprint density at radius 1 is 1.17 bits per heavy atom. The lowest BCUT2D eigenvalue weighted by molar-refractivity contribution is -0.136. The van der Waals surface area contributed by atoms with Crippen molar-refractivity contribution in [3.05, 3.63) is 70.5 Å². The van der Waals surface area contributed by atoms with Crippen molar-refractivity contribution in [2.75, 3.05) is 6.61 Å². The number of carboxylic acid groups (broad SMARTS) is 1. The Morgan fingerprint density at radius 3 is 2.55 bits per heavy atom. The van der Waals surface area contributed by atoms with Crippen LogP contribution in [0.25, 0.3) is 5.57 Å². The summed E-state index contributed by atoms with van der Waals surface area (Å²) in [5.74, 6) is -3.46. The second kappa shape index (κ2) is 8.72. The molecule has 3 rings (SSSR count). The molecule has 154 valence electrons. The molecule has 1 aliphatic rings. The van der Waals surface area contributed by atoms with E-state index in [-0.39, 0.29) is 38.1 Å². The summed E-state index contributed by atoms with van der Waals surface area (Å²) in [5.41, 5.74) is 3.84. The Bertz CT molecular complexity index is 917. The topological polar surface area (TPSA) is 46.5 Å². The highest BCUT2D eigenvalue weighted by molar-refractivity contribution is 5.70. The number of carboxylic acids is 1. The standard InChI is InChI=1S/C23H23F3O3/c1-15-12-20(8-4-16(15)5-9-22(27)28)29-14-18-13-23(25,26)11-10-21(18)17-2-6-19(24)7-3-17/h2-4,6-8,12H,5,9-11,13-14H2,1H3,(H,27,28). The zero-order chi connectivity index (χ0) is 21.0. The molecule has 29 heavy (non-hydrogen) atoms. The van der Waals surface area contributed by atoms with E-state index in [1.807, 2.05) is 6.92 Å². The molecule has 1 aliphatic carbocycles. The van der Waals surface area contributed by atoms with Gasteiger partial charge in [-0.05, 0) is 71.9 Å². The molecule has 0 saturated carbocycles. The highest BCUT2D eigenvalue weighted by Crippen LogP contribution is 2.41. The van der Waals surface area contributed by atoms with E-state index in [2.05, 4.69) is 0 Å². The van der Waals surface area contributed by atoms with Gasteiger partial charge in [-0.3, -0.25) is 4.79 Å². The number of aryl methyl sites for hydroxylation is 2. The van der Waals surface area contributed by atoms with Crippen LogP contribution >= 0.6 is 0 Å². The van der Waals surface area contributed by atoms with E-state index in [0.717, 1.165) is 22.3 Å². The van der Waals surface area contributed by atoms with Gasteiger partial charge >= 0.3 is 5.97 Å². The van der Waals surface area contributed by atoms with Gasteiger partial charge in [-0.1, -0.05) is 18.2 Å². The summed E-state index contributed by atoms with van der Waals surface area (Å²) in [6.07, 6.45) is 0.0675. The molecule has 3 nitrogen and oxygen atoms in total. The lowest BCUT2D eigenvalue weighted by atomic mass is 9.85. The van der Waals surface area contributed by atoms with Gasteiger partial charge in [0.15, 0.2) is 0 Å². The fourth-order valence-electron chi connectivity index (χ4n) is 3.58. The number of allylic oxidation sites excluding steroid dienone is 1. The van der Waals surface area contributed by atoms with Gasteiger partial charge in [-0.15, -0.1) is 0 Å². The third kappa shape index (κ3) is 5.62. The van der Waals surface area contributed by atoms with Crippen LogP contribution < -0.4 is 4.74 Å². The number of hydrogen-bond donors (Lipinski definition) is 1. The first-order valence-electron chi connectivity index (χ1n) is 9.52. The van der Waals surface area contributed by atoms with Gasteiger partial charge < -0.3 is 9.84 Å². The first kappa shape index (κ1) is 21.0. The van der Waals surface area contributed by atoms with E-state index in [4.69, 9.17) is 9.84 Å². The maximum Gasteiger partial charge on any atom is 0.303 e. The first-order valence-corrected chi connectivity index (χ1v) is 9.52. The molecule has 0 bridgehead atoms. The minimum Gasteiger partial charge on any atom is -0.489 e. The van der Waals surface area contributed by atoms with Gasteiger partial charge in [0, 0.05) is 19.3 Å². The quantitative estimate of drug-likeness (QED) is 0.634. The maximum atomic E-state index is 14.0. The van der Waals surface area contributed by atoms with Crippen molar-refractivity contribution in [1.29, 1.82) is 0 Å². The molecule has 0 fully saturated rings. The summed E-state index contributed by atoms with van der Waals surface area (Å²) in [4.78, 5) is 10.7. The molecule has 1 N–H and O–H groups in total. The summed E-state index contributed by atoms with van der Waals surface area (Å²) in [6.45, 7) is 1.89. The van der Waals surface area contributed by atoms with Crippen molar-refractivity contribution in [2.45, 2.75) is 45.0 Å². The van der Waals surface area contributed by atoms with E-state index < -0.39 is 11.9 Å². The Hall–Kier alpha value is -2.76. The van der Waals surface area contributed by atoms with Crippen LogP contribution in [-0.4, -0.2) is 23.6 Å². The highest BCUT2D eigenvalue weighted by Gasteiger charge is 2.35. The van der Waals surface area contributed by atoms with E-state index in [9.17, 15) is 18.0 Å². The fourth-order valence-corrected chi connectivity index (χ4v) is 3.58. The molecule has 0 atom stereocenters. The van der Waals surface area contributed by atoms with Crippen LogP contribution in [0.4, 0.5) is 13.2 Å². The van der Waals surface area contributed by atoms with Gasteiger partial charge in [0.2, 0.25) is 0 Å². The number of ether oxygens (including phenoxy) is 1. The second-order valence-electron chi connectivity index (χ2n) is 7.39. The Labute approximate surface area is 167 Å². The number of rotatable bonds is 7. The summed E-state index contributed by atoms with van der Waals surface area (Å²) < 4.78 is 47.0. The highest BCUT2D eigenvalue weighted by atomic mass is 19.3. The predicted octanol–water partition coefficient (Wildman–Crippen LogP) is 5.80. The van der Waals surface area contributed by atoms with Crippen LogP contribution in [-0.2, 0) is 11.2 Å². The normalized spacial score (nSPS) is 16.0. The molecule has 2 aromatic carbocycles. The average molecular weight is 404 g/mol. The van der Waals surface area contributed by atoms with Crippen molar-refractivity contribution in [2.24, 2.45) is 0 Å². The van der Waals surface area contributed by atoms with Crippen LogP contribution in [0.5, 0.6) is 5.75 Å². The zero-order valence-corrected chi connectivity index (χ0v) is 16.2.